The van der Waals surface area contributed by atoms with Crippen LogP contribution in [0, 0.1) is 5.92 Å². The van der Waals surface area contributed by atoms with Crippen molar-refractivity contribution in [2.45, 2.75) is 19.3 Å². The largest absolute Gasteiger partial charge is 0.497 e. The second-order valence-electron chi connectivity index (χ2n) is 8.13. The highest BCUT2D eigenvalue weighted by molar-refractivity contribution is 6.05. The Bertz CT molecular complexity index is 1090. The molecule has 2 amide bonds. The number of amides is 2. The van der Waals surface area contributed by atoms with Gasteiger partial charge in [-0.05, 0) is 55.5 Å². The lowest BCUT2D eigenvalue weighted by Gasteiger charge is -2.31. The third-order valence-electron chi connectivity index (χ3n) is 5.92. The minimum atomic E-state index is -0.179. The number of nitrogens with one attached hydrogen (secondary N) is 1. The summed E-state index contributed by atoms with van der Waals surface area (Å²) < 4.78 is 8.45. The Kier molecular flexibility index (Phi) is 6.25. The van der Waals surface area contributed by atoms with Crippen LogP contribution in [-0.2, 0) is 20.5 Å². The number of piperidine rings is 1. The molecule has 168 valence electrons. The van der Waals surface area contributed by atoms with Crippen molar-refractivity contribution in [3.8, 4) is 5.75 Å². The van der Waals surface area contributed by atoms with E-state index in [4.69, 9.17) is 4.74 Å². The van der Waals surface area contributed by atoms with E-state index in [2.05, 4.69) is 15.5 Å². The normalized spacial score (nSPS) is 14.4. The number of anilines is 1. The summed E-state index contributed by atoms with van der Waals surface area (Å²) in [4.78, 5) is 27.5. The predicted octanol–water partition coefficient (Wildman–Crippen LogP) is 2.51. The molecule has 0 spiro atoms. The number of likely N-dealkylation sites (tertiary alicyclic amines) is 1. The van der Waals surface area contributed by atoms with Gasteiger partial charge in [-0.3, -0.25) is 19.0 Å². The minimum absolute atomic E-state index is 0.0147. The number of benzene rings is 1. The van der Waals surface area contributed by atoms with Crippen LogP contribution in [0.3, 0.4) is 0 Å². The van der Waals surface area contributed by atoms with Gasteiger partial charge in [0.15, 0.2) is 0 Å². The van der Waals surface area contributed by atoms with Gasteiger partial charge < -0.3 is 15.0 Å². The van der Waals surface area contributed by atoms with Crippen molar-refractivity contribution >= 4 is 17.5 Å². The van der Waals surface area contributed by atoms with Crippen LogP contribution in [-0.4, -0.2) is 56.5 Å². The molecule has 1 saturated heterocycles. The van der Waals surface area contributed by atoms with E-state index in [1.165, 1.54) is 0 Å². The number of hydrogen-bond donors (Lipinski definition) is 1. The summed E-state index contributed by atoms with van der Waals surface area (Å²) in [5, 5.41) is 11.6. The van der Waals surface area contributed by atoms with Crippen LogP contribution in [0.25, 0.3) is 0 Å². The fraction of sp³-hybridized carbons (Fsp3) is 0.391. The molecular formula is C23H28N6O3. The standard InChI is InChI=1S/C23H28N6O3/c1-27-15-19(22(30)25-17-4-6-18(32-3)7-5-17)20(26-27)14-16-9-12-29(13-10-16)23(31)21-8-11-24-28(21)2/h4-8,11,15-16H,9-10,12-14H2,1-3H3,(H,25,30). The van der Waals surface area contributed by atoms with Crippen LogP contribution >= 0.6 is 0 Å². The molecule has 3 heterocycles. The number of rotatable bonds is 6. The van der Waals surface area contributed by atoms with Crippen molar-refractivity contribution in [3.05, 3.63) is 59.7 Å². The summed E-state index contributed by atoms with van der Waals surface area (Å²) in [5.41, 5.74) is 2.67. The Balaban J connectivity index is 1.37. The van der Waals surface area contributed by atoms with Crippen molar-refractivity contribution in [2.75, 3.05) is 25.5 Å². The maximum atomic E-state index is 12.9. The summed E-state index contributed by atoms with van der Waals surface area (Å²) >= 11 is 0. The Hall–Kier alpha value is -3.62. The zero-order valence-electron chi connectivity index (χ0n) is 18.6. The molecule has 1 aliphatic rings. The Morgan fingerprint density at radius 2 is 1.84 bits per heavy atom. The van der Waals surface area contributed by atoms with Gasteiger partial charge in [0.1, 0.15) is 11.4 Å². The van der Waals surface area contributed by atoms with Gasteiger partial charge in [0.2, 0.25) is 0 Å². The van der Waals surface area contributed by atoms with E-state index in [1.807, 2.05) is 24.1 Å². The average molecular weight is 437 g/mol. The number of ether oxygens (including phenoxy) is 1. The number of nitrogens with zero attached hydrogens (tertiary/aromatic N) is 5. The van der Waals surface area contributed by atoms with Crippen molar-refractivity contribution in [1.29, 1.82) is 0 Å². The number of methoxy groups -OCH3 is 1. The molecular weight excluding hydrogens is 408 g/mol. The van der Waals surface area contributed by atoms with Crippen LogP contribution in [0.15, 0.2) is 42.7 Å². The van der Waals surface area contributed by atoms with Gasteiger partial charge in [-0.25, -0.2) is 0 Å². The molecule has 2 aromatic heterocycles. The average Bonchev–Trinajstić information content (AvgIpc) is 3.39. The first-order valence-electron chi connectivity index (χ1n) is 10.7. The van der Waals surface area contributed by atoms with E-state index in [0.29, 0.717) is 42.4 Å². The third-order valence-corrected chi connectivity index (χ3v) is 5.92. The Morgan fingerprint density at radius 1 is 1.12 bits per heavy atom. The van der Waals surface area contributed by atoms with Crippen LogP contribution in [0.2, 0.25) is 0 Å². The fourth-order valence-corrected chi connectivity index (χ4v) is 4.11. The van der Waals surface area contributed by atoms with E-state index in [9.17, 15) is 9.59 Å². The highest BCUT2D eigenvalue weighted by atomic mass is 16.5. The van der Waals surface area contributed by atoms with Crippen molar-refractivity contribution < 1.29 is 14.3 Å². The van der Waals surface area contributed by atoms with Crippen LogP contribution in [0.5, 0.6) is 5.75 Å². The van der Waals surface area contributed by atoms with Gasteiger partial charge in [-0.15, -0.1) is 0 Å². The number of aryl methyl sites for hydroxylation is 2. The first-order chi connectivity index (χ1) is 15.4. The lowest BCUT2D eigenvalue weighted by Crippen LogP contribution is -2.39. The summed E-state index contributed by atoms with van der Waals surface area (Å²) in [6, 6.07) is 8.97. The first-order valence-corrected chi connectivity index (χ1v) is 10.7. The summed E-state index contributed by atoms with van der Waals surface area (Å²) in [7, 11) is 5.21. The molecule has 4 rings (SSSR count). The van der Waals surface area contributed by atoms with Gasteiger partial charge in [0.05, 0.1) is 18.4 Å². The minimum Gasteiger partial charge on any atom is -0.497 e. The summed E-state index contributed by atoms with van der Waals surface area (Å²) in [6.45, 7) is 1.38. The van der Waals surface area contributed by atoms with Crippen molar-refractivity contribution in [3.63, 3.8) is 0 Å². The topological polar surface area (TPSA) is 94.3 Å². The SMILES string of the molecule is COc1ccc(NC(=O)c2cn(C)nc2CC2CCN(C(=O)c3ccnn3C)CC2)cc1. The fourth-order valence-electron chi connectivity index (χ4n) is 4.11. The van der Waals surface area contributed by atoms with Crippen molar-refractivity contribution in [2.24, 2.45) is 20.0 Å². The zero-order chi connectivity index (χ0) is 22.7. The maximum absolute atomic E-state index is 12.9. The number of carbonyl (C=O) groups is 2. The monoisotopic (exact) mass is 436 g/mol. The van der Waals surface area contributed by atoms with Gasteiger partial charge in [0.25, 0.3) is 11.8 Å². The van der Waals surface area contributed by atoms with E-state index >= 15 is 0 Å². The smallest absolute Gasteiger partial charge is 0.272 e. The molecule has 0 radical (unpaired) electrons. The molecule has 1 aromatic carbocycles. The molecule has 9 heteroatoms. The molecule has 0 unspecified atom stereocenters. The number of carbonyl (C=O) groups excluding carboxylic acids is 2. The molecule has 0 aliphatic carbocycles. The maximum Gasteiger partial charge on any atom is 0.272 e. The van der Waals surface area contributed by atoms with Gasteiger partial charge in [-0.2, -0.15) is 10.2 Å². The van der Waals surface area contributed by atoms with Gasteiger partial charge >= 0.3 is 0 Å². The van der Waals surface area contributed by atoms with Crippen LogP contribution in [0.4, 0.5) is 5.69 Å². The molecule has 9 nitrogen and oxygen atoms in total. The van der Waals surface area contributed by atoms with Crippen LogP contribution in [0.1, 0.15) is 39.4 Å². The molecule has 0 atom stereocenters. The number of hydrogen-bond acceptors (Lipinski definition) is 5. The Labute approximate surface area is 187 Å². The molecule has 0 bridgehead atoms. The summed E-state index contributed by atoms with van der Waals surface area (Å²) in [6.07, 6.45) is 5.86. The van der Waals surface area contributed by atoms with Gasteiger partial charge in [0, 0.05) is 45.3 Å². The van der Waals surface area contributed by atoms with E-state index in [0.717, 1.165) is 24.3 Å². The highest BCUT2D eigenvalue weighted by Crippen LogP contribution is 2.24. The Morgan fingerprint density at radius 3 is 2.47 bits per heavy atom. The lowest BCUT2D eigenvalue weighted by molar-refractivity contribution is 0.0679. The number of aromatic nitrogens is 4. The quantitative estimate of drug-likeness (QED) is 0.641. The lowest BCUT2D eigenvalue weighted by atomic mass is 9.91. The zero-order valence-corrected chi connectivity index (χ0v) is 18.6. The highest BCUT2D eigenvalue weighted by Gasteiger charge is 2.27. The molecule has 1 fully saturated rings. The molecule has 0 saturated carbocycles. The third kappa shape index (κ3) is 4.66. The van der Waals surface area contributed by atoms with E-state index in [1.54, 1.807) is 54.1 Å². The van der Waals surface area contributed by atoms with Crippen LogP contribution < -0.4 is 10.1 Å². The van der Waals surface area contributed by atoms with E-state index in [-0.39, 0.29) is 11.8 Å². The molecule has 1 aliphatic heterocycles. The first kappa shape index (κ1) is 21.6. The molecule has 1 N–H and O–H groups in total. The van der Waals surface area contributed by atoms with E-state index < -0.39 is 0 Å². The predicted molar refractivity (Wildman–Crippen MR) is 120 cm³/mol. The molecule has 32 heavy (non-hydrogen) atoms. The van der Waals surface area contributed by atoms with Gasteiger partial charge in [-0.1, -0.05) is 0 Å². The second kappa shape index (κ2) is 9.25. The second-order valence-corrected chi connectivity index (χ2v) is 8.13. The molecule has 3 aromatic rings. The van der Waals surface area contributed by atoms with Crippen molar-refractivity contribution in [1.82, 2.24) is 24.5 Å². The summed E-state index contributed by atoms with van der Waals surface area (Å²) in [5.74, 6) is 0.939.